The molecule has 2 heteroatoms. The quantitative estimate of drug-likeness (QED) is 0.547. The first kappa shape index (κ1) is 10.6. The minimum Gasteiger partial charge on any atom is -0.299 e. The Labute approximate surface area is 69.6 Å². The minimum absolute atomic E-state index is 0.254. The fraction of sp³-hybridized carbons (Fsp3) is 0.889. The summed E-state index contributed by atoms with van der Waals surface area (Å²) in [5.74, 6) is 0.254. The van der Waals surface area contributed by atoms with Crippen LogP contribution in [0.15, 0.2) is 0 Å². The van der Waals surface area contributed by atoms with Crippen LogP contribution in [0.25, 0.3) is 0 Å². The first-order valence-electron chi connectivity index (χ1n) is 4.34. The molecule has 0 saturated carbocycles. The second-order valence-electron chi connectivity index (χ2n) is 3.15. The standard InChI is InChI=1S/C9H19NO/c1-4-5-6-7-10(3)8-9(2)11/h4-8H2,1-3H3. The highest BCUT2D eigenvalue weighted by atomic mass is 16.1. The van der Waals surface area contributed by atoms with Crippen molar-refractivity contribution in [3.8, 4) is 0 Å². The molecule has 0 spiro atoms. The third-order valence-electron chi connectivity index (χ3n) is 1.64. The number of carbonyl (C=O) groups is 1. The van der Waals surface area contributed by atoms with Crippen LogP contribution >= 0.6 is 0 Å². The fourth-order valence-corrected chi connectivity index (χ4v) is 1.09. The van der Waals surface area contributed by atoms with Crippen LogP contribution < -0.4 is 0 Å². The topological polar surface area (TPSA) is 20.3 Å². The number of rotatable bonds is 6. The van der Waals surface area contributed by atoms with E-state index in [-0.39, 0.29) is 5.78 Å². The molecule has 0 aromatic rings. The van der Waals surface area contributed by atoms with Crippen LogP contribution in [0, 0.1) is 0 Å². The average Bonchev–Trinajstić information content (AvgIpc) is 1.86. The van der Waals surface area contributed by atoms with Gasteiger partial charge < -0.3 is 0 Å². The van der Waals surface area contributed by atoms with Gasteiger partial charge >= 0.3 is 0 Å². The van der Waals surface area contributed by atoms with Crippen LogP contribution in [0.2, 0.25) is 0 Å². The molecule has 0 saturated heterocycles. The summed E-state index contributed by atoms with van der Waals surface area (Å²) >= 11 is 0. The third-order valence-corrected chi connectivity index (χ3v) is 1.64. The molecular weight excluding hydrogens is 138 g/mol. The van der Waals surface area contributed by atoms with Crippen molar-refractivity contribution in [1.29, 1.82) is 0 Å². The van der Waals surface area contributed by atoms with Gasteiger partial charge in [-0.15, -0.1) is 0 Å². The lowest BCUT2D eigenvalue weighted by Crippen LogP contribution is -2.25. The van der Waals surface area contributed by atoms with E-state index in [9.17, 15) is 4.79 Å². The maximum Gasteiger partial charge on any atom is 0.143 e. The summed E-state index contributed by atoms with van der Waals surface area (Å²) in [5, 5.41) is 0. The predicted octanol–water partition coefficient (Wildman–Crippen LogP) is 1.70. The van der Waals surface area contributed by atoms with E-state index in [2.05, 4.69) is 11.8 Å². The zero-order valence-corrected chi connectivity index (χ0v) is 7.89. The van der Waals surface area contributed by atoms with Gasteiger partial charge in [0.15, 0.2) is 0 Å². The zero-order chi connectivity index (χ0) is 8.69. The molecule has 0 fully saturated rings. The fourth-order valence-electron chi connectivity index (χ4n) is 1.09. The van der Waals surface area contributed by atoms with Gasteiger partial charge in [0.1, 0.15) is 5.78 Å². The van der Waals surface area contributed by atoms with Crippen molar-refractivity contribution in [2.45, 2.75) is 33.1 Å². The van der Waals surface area contributed by atoms with E-state index < -0.39 is 0 Å². The van der Waals surface area contributed by atoms with Crippen molar-refractivity contribution < 1.29 is 4.79 Å². The highest BCUT2D eigenvalue weighted by Crippen LogP contribution is 1.95. The summed E-state index contributed by atoms with van der Waals surface area (Å²) in [6.45, 7) is 5.47. The summed E-state index contributed by atoms with van der Waals surface area (Å²) in [5.41, 5.74) is 0. The molecule has 0 aliphatic rings. The first-order valence-corrected chi connectivity index (χ1v) is 4.34. The molecule has 2 nitrogen and oxygen atoms in total. The van der Waals surface area contributed by atoms with Gasteiger partial charge in [0, 0.05) is 0 Å². The molecule has 0 unspecified atom stereocenters. The summed E-state index contributed by atoms with van der Waals surface area (Å²) in [7, 11) is 2.00. The lowest BCUT2D eigenvalue weighted by atomic mass is 10.2. The summed E-state index contributed by atoms with van der Waals surface area (Å²) < 4.78 is 0. The van der Waals surface area contributed by atoms with Crippen molar-refractivity contribution in [2.24, 2.45) is 0 Å². The second-order valence-corrected chi connectivity index (χ2v) is 3.15. The Hall–Kier alpha value is -0.370. The molecule has 0 aromatic heterocycles. The van der Waals surface area contributed by atoms with Gasteiger partial charge in [-0.25, -0.2) is 0 Å². The molecule has 0 N–H and O–H groups in total. The van der Waals surface area contributed by atoms with Crippen LogP contribution in [-0.4, -0.2) is 30.8 Å². The highest BCUT2D eigenvalue weighted by Gasteiger charge is 1.99. The molecule has 0 aliphatic carbocycles. The smallest absolute Gasteiger partial charge is 0.143 e. The molecule has 66 valence electrons. The minimum atomic E-state index is 0.254. The Morgan fingerprint density at radius 1 is 1.36 bits per heavy atom. The molecule has 0 amide bonds. The van der Waals surface area contributed by atoms with E-state index in [0.29, 0.717) is 6.54 Å². The van der Waals surface area contributed by atoms with Gasteiger partial charge in [0.05, 0.1) is 6.54 Å². The Balaban J connectivity index is 3.22. The Morgan fingerprint density at radius 2 is 2.00 bits per heavy atom. The number of likely N-dealkylation sites (N-methyl/N-ethyl adjacent to an activating group) is 1. The maximum atomic E-state index is 10.6. The van der Waals surface area contributed by atoms with Crippen LogP contribution in [0.3, 0.4) is 0 Å². The number of hydrogen-bond acceptors (Lipinski definition) is 2. The molecule has 0 aliphatic heterocycles. The number of hydrogen-bond donors (Lipinski definition) is 0. The summed E-state index contributed by atoms with van der Waals surface area (Å²) in [6, 6.07) is 0. The van der Waals surface area contributed by atoms with Gasteiger partial charge in [-0.3, -0.25) is 9.69 Å². The van der Waals surface area contributed by atoms with Crippen LogP contribution in [0.1, 0.15) is 33.1 Å². The second kappa shape index (κ2) is 6.35. The summed E-state index contributed by atoms with van der Waals surface area (Å²) in [6.07, 6.45) is 3.72. The Bertz CT molecular complexity index is 112. The van der Waals surface area contributed by atoms with Crippen LogP contribution in [0.4, 0.5) is 0 Å². The molecular formula is C9H19NO. The number of carbonyl (C=O) groups excluding carboxylic acids is 1. The highest BCUT2D eigenvalue weighted by molar-refractivity contribution is 5.77. The van der Waals surface area contributed by atoms with Gasteiger partial charge in [-0.2, -0.15) is 0 Å². The lowest BCUT2D eigenvalue weighted by Gasteiger charge is -2.13. The Morgan fingerprint density at radius 3 is 2.45 bits per heavy atom. The maximum absolute atomic E-state index is 10.6. The van der Waals surface area contributed by atoms with Crippen molar-refractivity contribution in [3.05, 3.63) is 0 Å². The molecule has 11 heavy (non-hydrogen) atoms. The molecule has 0 heterocycles. The van der Waals surface area contributed by atoms with E-state index in [0.717, 1.165) is 6.54 Å². The van der Waals surface area contributed by atoms with E-state index in [1.165, 1.54) is 19.3 Å². The van der Waals surface area contributed by atoms with Gasteiger partial charge in [-0.1, -0.05) is 19.8 Å². The van der Waals surface area contributed by atoms with Gasteiger partial charge in [0.25, 0.3) is 0 Å². The monoisotopic (exact) mass is 157 g/mol. The van der Waals surface area contributed by atoms with E-state index in [1.54, 1.807) is 6.92 Å². The molecule has 0 rings (SSSR count). The van der Waals surface area contributed by atoms with Crippen molar-refractivity contribution in [2.75, 3.05) is 20.1 Å². The Kier molecular flexibility index (Phi) is 6.13. The van der Waals surface area contributed by atoms with Crippen molar-refractivity contribution >= 4 is 5.78 Å². The molecule has 0 atom stereocenters. The number of unbranched alkanes of at least 4 members (excludes halogenated alkanes) is 2. The van der Waals surface area contributed by atoms with Gasteiger partial charge in [0.2, 0.25) is 0 Å². The third kappa shape index (κ3) is 7.53. The SMILES string of the molecule is CCCCCN(C)CC(C)=O. The number of nitrogens with zero attached hydrogens (tertiary/aromatic N) is 1. The number of Topliss-reactive ketones (excluding diaryl/α,β-unsaturated/α-hetero) is 1. The average molecular weight is 157 g/mol. The first-order chi connectivity index (χ1) is 5.16. The van der Waals surface area contributed by atoms with E-state index >= 15 is 0 Å². The molecule has 0 radical (unpaired) electrons. The largest absolute Gasteiger partial charge is 0.299 e. The van der Waals surface area contributed by atoms with Crippen molar-refractivity contribution in [1.82, 2.24) is 4.90 Å². The van der Waals surface area contributed by atoms with Gasteiger partial charge in [-0.05, 0) is 26.9 Å². The molecule has 0 bridgehead atoms. The molecule has 0 aromatic carbocycles. The zero-order valence-electron chi connectivity index (χ0n) is 7.89. The van der Waals surface area contributed by atoms with Crippen LogP contribution in [0.5, 0.6) is 0 Å². The van der Waals surface area contributed by atoms with Crippen molar-refractivity contribution in [3.63, 3.8) is 0 Å². The van der Waals surface area contributed by atoms with E-state index in [1.807, 2.05) is 7.05 Å². The lowest BCUT2D eigenvalue weighted by molar-refractivity contribution is -0.117. The normalized spacial score (nSPS) is 10.5. The number of ketones is 1. The summed E-state index contributed by atoms with van der Waals surface area (Å²) in [4.78, 5) is 12.7. The van der Waals surface area contributed by atoms with E-state index in [4.69, 9.17) is 0 Å². The van der Waals surface area contributed by atoms with Crippen LogP contribution in [-0.2, 0) is 4.79 Å². The predicted molar refractivity (Wildman–Crippen MR) is 47.7 cm³/mol.